The van der Waals surface area contributed by atoms with Gasteiger partial charge in [-0.1, -0.05) is 48.5 Å². The normalized spacial score (nSPS) is 12.8. The number of H-pyrrole nitrogens is 1. The van der Waals surface area contributed by atoms with Crippen molar-refractivity contribution in [2.75, 3.05) is 12.0 Å². The average Bonchev–Trinajstić information content (AvgIpc) is 3.21. The molecule has 2 aromatic carbocycles. The molecular weight excluding hydrogens is 528 g/mol. The van der Waals surface area contributed by atoms with Crippen LogP contribution in [0.4, 0.5) is 5.95 Å². The summed E-state index contributed by atoms with van der Waals surface area (Å²) in [5.74, 6) is 0.841. The molecule has 4 rings (SSSR count). The molecule has 3 N–H and O–H groups in total. The Morgan fingerprint density at radius 2 is 1.94 bits per heavy atom. The summed E-state index contributed by atoms with van der Waals surface area (Å²) in [6, 6.07) is 17.2. The summed E-state index contributed by atoms with van der Waals surface area (Å²) in [7, 11) is 1.50. The van der Waals surface area contributed by atoms with Gasteiger partial charge in [0.05, 0.1) is 12.8 Å². The summed E-state index contributed by atoms with van der Waals surface area (Å²) in [6.07, 6.45) is 2.44. The summed E-state index contributed by atoms with van der Waals surface area (Å²) < 4.78 is 9.15. The molecule has 0 aliphatic heterocycles. The van der Waals surface area contributed by atoms with Crippen molar-refractivity contribution in [2.24, 2.45) is 12.1 Å². The van der Waals surface area contributed by atoms with Gasteiger partial charge in [0, 0.05) is 11.5 Å². The number of aromatic amines is 1. The van der Waals surface area contributed by atoms with Gasteiger partial charge in [0.2, 0.25) is 5.95 Å². The number of benzene rings is 2. The molecule has 0 bridgehead atoms. The molecule has 0 saturated carbocycles. The molecule has 186 valence electrons. The fourth-order valence-electron chi connectivity index (χ4n) is 3.56. The third-order valence-electron chi connectivity index (χ3n) is 5.38. The van der Waals surface area contributed by atoms with Crippen molar-refractivity contribution >= 4 is 45.3 Å². The predicted octanol–water partition coefficient (Wildman–Crippen LogP) is 3.01. The SMILES string of the molecule is Cc1ccccc1OC[C@@H](O)Cn1c(N/N=C\C(Br)=C\c2ccccc2)nc2c1c(=O)[nH]c(=O)n2C. The maximum absolute atomic E-state index is 12.7. The smallest absolute Gasteiger partial charge is 0.329 e. The van der Waals surface area contributed by atoms with Crippen LogP contribution in [0.1, 0.15) is 11.1 Å². The Morgan fingerprint density at radius 3 is 2.69 bits per heavy atom. The topological polar surface area (TPSA) is 127 Å². The highest BCUT2D eigenvalue weighted by atomic mass is 79.9. The molecule has 0 amide bonds. The number of ether oxygens (including phenoxy) is 1. The summed E-state index contributed by atoms with van der Waals surface area (Å²) in [5.41, 5.74) is 3.82. The maximum Gasteiger partial charge on any atom is 0.329 e. The zero-order chi connectivity index (χ0) is 25.7. The fraction of sp³-hybridized carbons (Fsp3) is 0.200. The van der Waals surface area contributed by atoms with Crippen molar-refractivity contribution in [3.63, 3.8) is 0 Å². The highest BCUT2D eigenvalue weighted by Crippen LogP contribution is 2.19. The molecule has 0 spiro atoms. The molecule has 4 aromatic rings. The number of aliphatic hydroxyl groups is 1. The number of fused-ring (bicyclic) bond motifs is 1. The van der Waals surface area contributed by atoms with Crippen molar-refractivity contribution < 1.29 is 9.84 Å². The lowest BCUT2D eigenvalue weighted by molar-refractivity contribution is 0.0935. The van der Waals surface area contributed by atoms with Crippen LogP contribution in [0.2, 0.25) is 0 Å². The minimum atomic E-state index is -0.979. The first-order chi connectivity index (χ1) is 17.3. The van der Waals surface area contributed by atoms with E-state index in [0.717, 1.165) is 11.1 Å². The first kappa shape index (κ1) is 25.1. The summed E-state index contributed by atoms with van der Waals surface area (Å²) in [5, 5.41) is 14.9. The standard InChI is InChI=1S/C25H25BrN6O4/c1-16-8-6-7-11-20(16)36-15-19(33)14-32-21-22(31(2)25(35)29-23(21)34)28-24(32)30-27-13-18(26)12-17-9-4-3-5-10-17/h3-13,19,33H,14-15H2,1-2H3,(H,28,30)(H,29,34,35)/b18-12-,27-13-/t19-/m0/s1. The molecule has 0 aliphatic rings. The van der Waals surface area contributed by atoms with E-state index in [4.69, 9.17) is 4.74 Å². The number of allylic oxidation sites excluding steroid dienone is 1. The van der Waals surface area contributed by atoms with Crippen LogP contribution >= 0.6 is 15.9 Å². The van der Waals surface area contributed by atoms with Crippen LogP contribution in [0.3, 0.4) is 0 Å². The molecule has 1 atom stereocenters. The Morgan fingerprint density at radius 1 is 1.22 bits per heavy atom. The molecule has 0 radical (unpaired) electrons. The Labute approximate surface area is 214 Å². The van der Waals surface area contributed by atoms with E-state index in [1.807, 2.05) is 67.6 Å². The molecular formula is C25H25BrN6O4. The van der Waals surface area contributed by atoms with Gasteiger partial charge in [-0.05, 0) is 46.1 Å². The fourth-order valence-corrected chi connectivity index (χ4v) is 3.93. The van der Waals surface area contributed by atoms with Crippen LogP contribution in [0.15, 0.2) is 73.8 Å². The largest absolute Gasteiger partial charge is 0.491 e. The van der Waals surface area contributed by atoms with E-state index >= 15 is 0 Å². The summed E-state index contributed by atoms with van der Waals surface area (Å²) in [4.78, 5) is 31.4. The minimum absolute atomic E-state index is 0.0116. The van der Waals surface area contributed by atoms with E-state index in [0.29, 0.717) is 10.2 Å². The zero-order valence-electron chi connectivity index (χ0n) is 19.7. The number of aromatic nitrogens is 4. The average molecular weight is 553 g/mol. The van der Waals surface area contributed by atoms with Gasteiger partial charge in [-0.2, -0.15) is 10.1 Å². The van der Waals surface area contributed by atoms with E-state index in [-0.39, 0.29) is 30.3 Å². The Kier molecular flexibility index (Phi) is 7.81. The second kappa shape index (κ2) is 11.2. The van der Waals surface area contributed by atoms with Gasteiger partial charge in [0.25, 0.3) is 5.56 Å². The number of hydrogen-bond acceptors (Lipinski definition) is 7. The highest BCUT2D eigenvalue weighted by Gasteiger charge is 2.20. The van der Waals surface area contributed by atoms with Crippen molar-refractivity contribution in [1.29, 1.82) is 0 Å². The van der Waals surface area contributed by atoms with Crippen molar-refractivity contribution in [1.82, 2.24) is 19.1 Å². The third kappa shape index (κ3) is 5.81. The van der Waals surface area contributed by atoms with Gasteiger partial charge >= 0.3 is 5.69 Å². The van der Waals surface area contributed by atoms with Gasteiger partial charge in [0.15, 0.2) is 11.2 Å². The number of nitrogens with zero attached hydrogens (tertiary/aromatic N) is 4. The highest BCUT2D eigenvalue weighted by molar-refractivity contribution is 9.12. The molecule has 0 fully saturated rings. The second-order valence-corrected chi connectivity index (χ2v) is 8.99. The maximum atomic E-state index is 12.7. The number of hydrogen-bond donors (Lipinski definition) is 3. The monoisotopic (exact) mass is 552 g/mol. The number of imidazole rings is 1. The number of hydrazone groups is 1. The lowest BCUT2D eigenvalue weighted by atomic mass is 10.2. The second-order valence-electron chi connectivity index (χ2n) is 8.08. The van der Waals surface area contributed by atoms with Crippen LogP contribution < -0.4 is 21.4 Å². The quantitative estimate of drug-likeness (QED) is 0.216. The number of anilines is 1. The van der Waals surface area contributed by atoms with Crippen LogP contribution in [0.25, 0.3) is 17.2 Å². The van der Waals surface area contributed by atoms with Crippen molar-refractivity contribution in [2.45, 2.75) is 19.6 Å². The van der Waals surface area contributed by atoms with Crippen molar-refractivity contribution in [3.05, 3.63) is 91.0 Å². The summed E-state index contributed by atoms with van der Waals surface area (Å²) >= 11 is 3.45. The van der Waals surface area contributed by atoms with E-state index in [9.17, 15) is 14.7 Å². The molecule has 10 nitrogen and oxygen atoms in total. The number of halogens is 1. The van der Waals surface area contributed by atoms with Crippen molar-refractivity contribution in [3.8, 4) is 5.75 Å². The number of aryl methyl sites for hydroxylation is 2. The van der Waals surface area contributed by atoms with E-state index < -0.39 is 17.4 Å². The lowest BCUT2D eigenvalue weighted by Crippen LogP contribution is -2.30. The number of nitrogens with one attached hydrogen (secondary N) is 2. The third-order valence-corrected chi connectivity index (χ3v) is 5.82. The molecule has 2 heterocycles. The van der Waals surface area contributed by atoms with Gasteiger partial charge < -0.3 is 14.4 Å². The van der Waals surface area contributed by atoms with E-state index in [1.165, 1.54) is 22.4 Å². The number of rotatable bonds is 9. The Bertz CT molecular complexity index is 1540. The van der Waals surface area contributed by atoms with Gasteiger partial charge in [0.1, 0.15) is 18.5 Å². The zero-order valence-corrected chi connectivity index (χ0v) is 21.3. The van der Waals surface area contributed by atoms with Crippen LogP contribution in [0, 0.1) is 6.92 Å². The molecule has 36 heavy (non-hydrogen) atoms. The van der Waals surface area contributed by atoms with Gasteiger partial charge in [-0.25, -0.2) is 10.2 Å². The van der Waals surface area contributed by atoms with Crippen LogP contribution in [0.5, 0.6) is 5.75 Å². The molecule has 0 aliphatic carbocycles. The van der Waals surface area contributed by atoms with Crippen LogP contribution in [-0.4, -0.2) is 43.1 Å². The molecule has 11 heteroatoms. The van der Waals surface area contributed by atoms with E-state index in [1.54, 1.807) is 0 Å². The van der Waals surface area contributed by atoms with E-state index in [2.05, 4.69) is 36.4 Å². The summed E-state index contributed by atoms with van der Waals surface area (Å²) in [6.45, 7) is 1.88. The van der Waals surface area contributed by atoms with Crippen LogP contribution in [-0.2, 0) is 13.6 Å². The lowest BCUT2D eigenvalue weighted by Gasteiger charge is -2.16. The number of para-hydroxylation sites is 1. The Balaban J connectivity index is 1.60. The minimum Gasteiger partial charge on any atom is -0.491 e. The number of aliphatic hydroxyl groups excluding tert-OH is 1. The van der Waals surface area contributed by atoms with Gasteiger partial charge in [-0.15, -0.1) is 0 Å². The van der Waals surface area contributed by atoms with Gasteiger partial charge in [-0.3, -0.25) is 14.3 Å². The first-order valence-electron chi connectivity index (χ1n) is 11.1. The first-order valence-corrected chi connectivity index (χ1v) is 11.9. The predicted molar refractivity (Wildman–Crippen MR) is 144 cm³/mol. The molecule has 0 unspecified atom stereocenters. The molecule has 0 saturated heterocycles. The molecule has 2 aromatic heterocycles. The Hall–Kier alpha value is -3.96.